The van der Waals surface area contributed by atoms with Gasteiger partial charge in [0.05, 0.1) is 26.3 Å². The molecule has 2 N–H and O–H groups in total. The van der Waals surface area contributed by atoms with Gasteiger partial charge in [0.25, 0.3) is 11.8 Å². The highest BCUT2D eigenvalue weighted by Crippen LogP contribution is 2.33. The van der Waals surface area contributed by atoms with E-state index in [9.17, 15) is 9.59 Å². The van der Waals surface area contributed by atoms with Gasteiger partial charge in [-0.15, -0.1) is 0 Å². The Hall–Kier alpha value is -1.95. The number of anilines is 1. The Morgan fingerprint density at radius 2 is 1.76 bits per heavy atom. The predicted octanol–water partition coefficient (Wildman–Crippen LogP) is 4.33. The van der Waals surface area contributed by atoms with E-state index in [-0.39, 0.29) is 28.3 Å². The summed E-state index contributed by atoms with van der Waals surface area (Å²) in [5, 5.41) is 6.00. The summed E-state index contributed by atoms with van der Waals surface area (Å²) < 4.78 is 5.38. The van der Waals surface area contributed by atoms with Crippen molar-refractivity contribution in [2.24, 2.45) is 0 Å². The molecule has 132 valence electrons. The number of carbonyl (C=O) groups is 2. The van der Waals surface area contributed by atoms with Crippen LogP contribution in [0.3, 0.4) is 0 Å². The molecule has 0 aliphatic rings. The van der Waals surface area contributed by atoms with Crippen LogP contribution in [0.25, 0.3) is 0 Å². The number of amides is 2. The first-order chi connectivity index (χ1) is 11.8. The van der Waals surface area contributed by atoms with Gasteiger partial charge in [0.2, 0.25) is 0 Å². The van der Waals surface area contributed by atoms with Crippen LogP contribution in [0, 0.1) is 6.92 Å². The molecule has 0 atom stereocenters. The Bertz CT molecular complexity index is 825. The lowest BCUT2D eigenvalue weighted by atomic mass is 10.1. The van der Waals surface area contributed by atoms with Crippen LogP contribution in [0.15, 0.2) is 30.3 Å². The highest BCUT2D eigenvalue weighted by Gasteiger charge is 2.15. The summed E-state index contributed by atoms with van der Waals surface area (Å²) in [6.07, 6.45) is 0. The number of benzene rings is 2. The molecule has 5 nitrogen and oxygen atoms in total. The van der Waals surface area contributed by atoms with Gasteiger partial charge in [0.1, 0.15) is 5.75 Å². The summed E-state index contributed by atoms with van der Waals surface area (Å²) in [4.78, 5) is 24.1. The molecule has 0 aromatic heterocycles. The van der Waals surface area contributed by atoms with Gasteiger partial charge in [-0.2, -0.15) is 0 Å². The third-order valence-corrected chi connectivity index (χ3v) is 4.35. The van der Waals surface area contributed by atoms with E-state index in [0.717, 1.165) is 5.56 Å². The van der Waals surface area contributed by atoms with Gasteiger partial charge >= 0.3 is 0 Å². The zero-order valence-electron chi connectivity index (χ0n) is 13.5. The molecule has 2 rings (SSSR count). The highest BCUT2D eigenvalue weighted by atomic mass is 35.5. The first-order valence-corrected chi connectivity index (χ1v) is 8.35. The standard InChI is InChI=1S/C17H15Cl3N2O3/c1-9-4-3-5-13(16(9)17(24)21-2)22-15(23)8-25-14-7-11(19)10(18)6-12(14)20/h3-7H,8H2,1-2H3,(H,21,24)(H,22,23). The van der Waals surface area contributed by atoms with Crippen LogP contribution in [0.1, 0.15) is 15.9 Å². The molecule has 0 spiro atoms. The zero-order chi connectivity index (χ0) is 18.6. The molecule has 25 heavy (non-hydrogen) atoms. The topological polar surface area (TPSA) is 67.4 Å². The van der Waals surface area contributed by atoms with Gasteiger partial charge < -0.3 is 15.4 Å². The van der Waals surface area contributed by atoms with Crippen LogP contribution in [0.5, 0.6) is 5.75 Å². The first kappa shape index (κ1) is 19.4. The summed E-state index contributed by atoms with van der Waals surface area (Å²) in [6.45, 7) is 1.48. The van der Waals surface area contributed by atoms with Crippen LogP contribution < -0.4 is 15.4 Å². The number of rotatable bonds is 5. The predicted molar refractivity (Wildman–Crippen MR) is 100 cm³/mol. The maximum Gasteiger partial charge on any atom is 0.262 e. The Kier molecular flexibility index (Phi) is 6.53. The number of carbonyl (C=O) groups excluding carboxylic acids is 2. The van der Waals surface area contributed by atoms with E-state index in [0.29, 0.717) is 16.3 Å². The van der Waals surface area contributed by atoms with E-state index in [4.69, 9.17) is 39.5 Å². The van der Waals surface area contributed by atoms with E-state index in [1.165, 1.54) is 19.2 Å². The number of hydrogen-bond donors (Lipinski definition) is 2. The molecule has 2 aromatic rings. The molecule has 0 aliphatic carbocycles. The Morgan fingerprint density at radius 3 is 2.44 bits per heavy atom. The van der Waals surface area contributed by atoms with Crippen molar-refractivity contribution in [3.63, 3.8) is 0 Å². The average molecular weight is 402 g/mol. The van der Waals surface area contributed by atoms with Gasteiger partial charge in [-0.05, 0) is 24.6 Å². The third-order valence-electron chi connectivity index (χ3n) is 3.33. The molecule has 2 amide bonds. The number of ether oxygens (including phenoxy) is 1. The maximum atomic E-state index is 12.2. The molecule has 2 aromatic carbocycles. The fourth-order valence-corrected chi connectivity index (χ4v) is 2.73. The number of nitrogens with one attached hydrogen (secondary N) is 2. The average Bonchev–Trinajstić information content (AvgIpc) is 2.56. The van der Waals surface area contributed by atoms with Crippen molar-refractivity contribution in [3.8, 4) is 5.75 Å². The van der Waals surface area contributed by atoms with Crippen LogP contribution in [0.2, 0.25) is 15.1 Å². The lowest BCUT2D eigenvalue weighted by Gasteiger charge is -2.13. The fourth-order valence-electron chi connectivity index (χ4n) is 2.14. The SMILES string of the molecule is CNC(=O)c1c(C)cccc1NC(=O)COc1cc(Cl)c(Cl)cc1Cl. The second kappa shape index (κ2) is 8.43. The molecule has 0 heterocycles. The van der Waals surface area contributed by atoms with E-state index < -0.39 is 5.91 Å². The van der Waals surface area contributed by atoms with Gasteiger partial charge in [-0.25, -0.2) is 0 Å². The summed E-state index contributed by atoms with van der Waals surface area (Å²) >= 11 is 17.7. The number of hydrogen-bond acceptors (Lipinski definition) is 3. The van der Waals surface area contributed by atoms with E-state index in [2.05, 4.69) is 10.6 Å². The minimum Gasteiger partial charge on any atom is -0.482 e. The molecule has 0 unspecified atom stereocenters. The maximum absolute atomic E-state index is 12.2. The van der Waals surface area contributed by atoms with Crippen molar-refractivity contribution < 1.29 is 14.3 Å². The van der Waals surface area contributed by atoms with Crippen LogP contribution >= 0.6 is 34.8 Å². The summed E-state index contributed by atoms with van der Waals surface area (Å²) in [5.74, 6) is -0.498. The van der Waals surface area contributed by atoms with Crippen molar-refractivity contribution in [2.45, 2.75) is 6.92 Å². The van der Waals surface area contributed by atoms with Crippen LogP contribution in [-0.2, 0) is 4.79 Å². The first-order valence-electron chi connectivity index (χ1n) is 7.22. The van der Waals surface area contributed by atoms with E-state index in [1.807, 2.05) is 0 Å². The summed E-state index contributed by atoms with van der Waals surface area (Å²) in [5.41, 5.74) is 1.53. The van der Waals surface area contributed by atoms with E-state index >= 15 is 0 Å². The van der Waals surface area contributed by atoms with Gasteiger partial charge in [-0.3, -0.25) is 9.59 Å². The number of halogens is 3. The van der Waals surface area contributed by atoms with Gasteiger partial charge in [0.15, 0.2) is 6.61 Å². The Morgan fingerprint density at radius 1 is 1.08 bits per heavy atom. The lowest BCUT2D eigenvalue weighted by Crippen LogP contribution is -2.25. The van der Waals surface area contributed by atoms with Crippen molar-refractivity contribution >= 4 is 52.3 Å². The Labute approximate surface area is 160 Å². The molecule has 0 fully saturated rings. The molecule has 0 saturated carbocycles. The molecule has 0 radical (unpaired) electrons. The molecular formula is C17H15Cl3N2O3. The largest absolute Gasteiger partial charge is 0.482 e. The minimum atomic E-state index is -0.446. The van der Waals surface area contributed by atoms with E-state index in [1.54, 1.807) is 25.1 Å². The molecular weight excluding hydrogens is 387 g/mol. The second-order valence-electron chi connectivity index (χ2n) is 5.11. The van der Waals surface area contributed by atoms with Crippen LogP contribution in [-0.4, -0.2) is 25.5 Å². The van der Waals surface area contributed by atoms with Crippen molar-refractivity contribution in [3.05, 3.63) is 56.5 Å². The molecule has 0 saturated heterocycles. The highest BCUT2D eigenvalue weighted by molar-refractivity contribution is 6.43. The van der Waals surface area contributed by atoms with Gasteiger partial charge in [0, 0.05) is 13.1 Å². The third kappa shape index (κ3) is 4.78. The number of aryl methyl sites for hydroxylation is 1. The lowest BCUT2D eigenvalue weighted by molar-refractivity contribution is -0.118. The molecule has 8 heteroatoms. The zero-order valence-corrected chi connectivity index (χ0v) is 15.7. The second-order valence-corrected chi connectivity index (χ2v) is 6.33. The van der Waals surface area contributed by atoms with Crippen molar-refractivity contribution in [1.82, 2.24) is 5.32 Å². The Balaban J connectivity index is 2.10. The van der Waals surface area contributed by atoms with Gasteiger partial charge in [-0.1, -0.05) is 46.9 Å². The molecule has 0 aliphatic heterocycles. The summed E-state index contributed by atoms with van der Waals surface area (Å²) in [6, 6.07) is 8.03. The fraction of sp³-hybridized carbons (Fsp3) is 0.176. The minimum absolute atomic E-state index is 0.238. The van der Waals surface area contributed by atoms with Crippen molar-refractivity contribution in [2.75, 3.05) is 19.0 Å². The smallest absolute Gasteiger partial charge is 0.262 e. The quantitative estimate of drug-likeness (QED) is 0.733. The van der Waals surface area contributed by atoms with Crippen LogP contribution in [0.4, 0.5) is 5.69 Å². The van der Waals surface area contributed by atoms with Crippen molar-refractivity contribution in [1.29, 1.82) is 0 Å². The molecule has 0 bridgehead atoms. The normalized spacial score (nSPS) is 10.3. The monoisotopic (exact) mass is 400 g/mol. The summed E-state index contributed by atoms with van der Waals surface area (Å²) in [7, 11) is 1.52.